The van der Waals surface area contributed by atoms with Crippen LogP contribution in [0, 0.1) is 10.1 Å². The fourth-order valence-corrected chi connectivity index (χ4v) is 3.58. The molecular formula is C21H23N4O2+. The lowest BCUT2D eigenvalue weighted by atomic mass is 10.0. The van der Waals surface area contributed by atoms with Crippen molar-refractivity contribution in [3.05, 3.63) is 76.8 Å². The molecule has 138 valence electrons. The van der Waals surface area contributed by atoms with E-state index in [2.05, 4.69) is 4.99 Å². The van der Waals surface area contributed by atoms with Gasteiger partial charge in [0.05, 0.1) is 17.5 Å². The van der Waals surface area contributed by atoms with Gasteiger partial charge < -0.3 is 5.73 Å². The number of nitrogens with zero attached hydrogens (tertiary/aromatic N) is 3. The molecule has 0 aromatic heterocycles. The molecule has 0 aliphatic rings. The first-order valence-corrected chi connectivity index (χ1v) is 8.96. The zero-order valence-corrected chi connectivity index (χ0v) is 15.5. The lowest BCUT2D eigenvalue weighted by Gasteiger charge is -2.35. The molecule has 0 amide bonds. The first-order chi connectivity index (χ1) is 13.0. The van der Waals surface area contributed by atoms with Gasteiger partial charge in [-0.05, 0) is 31.4 Å². The highest BCUT2D eigenvalue weighted by Gasteiger charge is 2.39. The van der Waals surface area contributed by atoms with Crippen molar-refractivity contribution < 1.29 is 4.92 Å². The van der Waals surface area contributed by atoms with E-state index in [4.69, 9.17) is 5.73 Å². The van der Waals surface area contributed by atoms with Gasteiger partial charge in [-0.25, -0.2) is 4.99 Å². The summed E-state index contributed by atoms with van der Waals surface area (Å²) in [4.78, 5) is 15.5. The zero-order valence-electron chi connectivity index (χ0n) is 15.5. The summed E-state index contributed by atoms with van der Waals surface area (Å²) in [6.07, 6.45) is 0. The van der Waals surface area contributed by atoms with Gasteiger partial charge in [0.25, 0.3) is 5.69 Å². The molecule has 0 bridgehead atoms. The maximum atomic E-state index is 11.4. The molecule has 27 heavy (non-hydrogen) atoms. The molecule has 0 heterocycles. The maximum Gasteiger partial charge on any atom is 0.305 e. The Morgan fingerprint density at radius 3 is 2.48 bits per heavy atom. The highest BCUT2D eigenvalue weighted by Crippen LogP contribution is 2.40. The van der Waals surface area contributed by atoms with Crippen LogP contribution >= 0.6 is 0 Å². The van der Waals surface area contributed by atoms with Crippen LogP contribution in [0.25, 0.3) is 10.8 Å². The molecule has 6 heteroatoms. The van der Waals surface area contributed by atoms with Crippen molar-refractivity contribution in [2.24, 2.45) is 10.7 Å². The Balaban J connectivity index is 2.40. The molecule has 3 aromatic carbocycles. The SMILES string of the molecule is CCN=C(N)[N+](CC)(c1cccc([N+](=O)[O-])c1)c1cccc2ccccc12. The number of quaternary nitrogens is 1. The molecule has 0 saturated heterocycles. The molecule has 0 fully saturated rings. The van der Waals surface area contributed by atoms with Gasteiger partial charge in [0, 0.05) is 30.1 Å². The van der Waals surface area contributed by atoms with Crippen LogP contribution in [0.4, 0.5) is 17.1 Å². The van der Waals surface area contributed by atoms with Gasteiger partial charge >= 0.3 is 5.96 Å². The van der Waals surface area contributed by atoms with Gasteiger partial charge in [-0.15, -0.1) is 0 Å². The molecule has 1 atom stereocenters. The van der Waals surface area contributed by atoms with Crippen molar-refractivity contribution in [2.45, 2.75) is 13.8 Å². The van der Waals surface area contributed by atoms with Crippen LogP contribution < -0.4 is 10.2 Å². The minimum Gasteiger partial charge on any atom is -0.337 e. The average molecular weight is 363 g/mol. The number of hydrogen-bond acceptors (Lipinski definition) is 3. The third-order valence-corrected chi connectivity index (χ3v) is 4.84. The topological polar surface area (TPSA) is 81.5 Å². The summed E-state index contributed by atoms with van der Waals surface area (Å²) in [5.74, 6) is 0.414. The van der Waals surface area contributed by atoms with Crippen molar-refractivity contribution in [3.8, 4) is 0 Å². The summed E-state index contributed by atoms with van der Waals surface area (Å²) in [6.45, 7) is 5.04. The molecule has 1 unspecified atom stereocenters. The van der Waals surface area contributed by atoms with Gasteiger partial charge in [-0.3, -0.25) is 10.1 Å². The third-order valence-electron chi connectivity index (χ3n) is 4.84. The van der Waals surface area contributed by atoms with E-state index < -0.39 is 0 Å². The standard InChI is InChI=1S/C21H23N4O2/c1-3-23-21(22)25(4-2,18-12-8-11-17(15-18)24(26)27)20-14-7-10-16-9-5-6-13-19(16)20/h5-15H,3-4H2,1-2H3,(H2,22,23)/q+1. The summed E-state index contributed by atoms with van der Waals surface area (Å²) in [5, 5.41) is 13.5. The Kier molecular flexibility index (Phi) is 5.19. The predicted molar refractivity (Wildman–Crippen MR) is 111 cm³/mol. The number of hydrogen-bond donors (Lipinski definition) is 1. The lowest BCUT2D eigenvalue weighted by Crippen LogP contribution is -2.54. The van der Waals surface area contributed by atoms with Crippen molar-refractivity contribution in [1.29, 1.82) is 0 Å². The quantitative estimate of drug-likeness (QED) is 0.234. The molecule has 0 radical (unpaired) electrons. The van der Waals surface area contributed by atoms with Crippen LogP contribution in [-0.4, -0.2) is 24.0 Å². The van der Waals surface area contributed by atoms with Gasteiger partial charge in [0.15, 0.2) is 11.4 Å². The van der Waals surface area contributed by atoms with Crippen LogP contribution in [0.1, 0.15) is 13.8 Å². The lowest BCUT2D eigenvalue weighted by molar-refractivity contribution is -0.384. The largest absolute Gasteiger partial charge is 0.337 e. The first-order valence-electron chi connectivity index (χ1n) is 8.96. The molecule has 3 rings (SSSR count). The fraction of sp³-hybridized carbons (Fsp3) is 0.190. The second-order valence-corrected chi connectivity index (χ2v) is 6.23. The Labute approximate surface area is 158 Å². The third kappa shape index (κ3) is 3.15. The van der Waals surface area contributed by atoms with Gasteiger partial charge in [0.2, 0.25) is 0 Å². The second kappa shape index (κ2) is 7.55. The van der Waals surface area contributed by atoms with Crippen molar-refractivity contribution >= 4 is 33.8 Å². The molecular weight excluding hydrogens is 340 g/mol. The zero-order chi connectivity index (χ0) is 19.4. The first kappa shape index (κ1) is 18.5. The number of benzene rings is 3. The summed E-state index contributed by atoms with van der Waals surface area (Å²) < 4.78 is 0.136. The highest BCUT2D eigenvalue weighted by molar-refractivity contribution is 6.05. The van der Waals surface area contributed by atoms with Crippen LogP contribution in [0.15, 0.2) is 71.7 Å². The Bertz CT molecular complexity index is 1010. The van der Waals surface area contributed by atoms with E-state index >= 15 is 0 Å². The van der Waals surface area contributed by atoms with Crippen molar-refractivity contribution in [1.82, 2.24) is 4.48 Å². The Morgan fingerprint density at radius 1 is 1.07 bits per heavy atom. The predicted octanol–water partition coefficient (Wildman–Crippen LogP) is 4.74. The van der Waals surface area contributed by atoms with E-state index in [0.29, 0.717) is 19.0 Å². The van der Waals surface area contributed by atoms with E-state index in [1.165, 1.54) is 6.07 Å². The number of non-ortho nitro benzene ring substituents is 1. The summed E-state index contributed by atoms with van der Waals surface area (Å²) >= 11 is 0. The maximum absolute atomic E-state index is 11.4. The molecule has 3 aromatic rings. The molecule has 0 aliphatic carbocycles. The number of fused-ring (bicyclic) bond motifs is 1. The van der Waals surface area contributed by atoms with Crippen LogP contribution in [-0.2, 0) is 0 Å². The van der Waals surface area contributed by atoms with Crippen molar-refractivity contribution in [2.75, 3.05) is 13.1 Å². The monoisotopic (exact) mass is 363 g/mol. The van der Waals surface area contributed by atoms with Crippen LogP contribution in [0.2, 0.25) is 0 Å². The second-order valence-electron chi connectivity index (χ2n) is 6.23. The molecule has 0 saturated carbocycles. The van der Waals surface area contributed by atoms with E-state index in [-0.39, 0.29) is 15.1 Å². The number of nitrogens with two attached hydrogens (primary N) is 1. The molecule has 0 aliphatic heterocycles. The highest BCUT2D eigenvalue weighted by atomic mass is 16.6. The smallest absolute Gasteiger partial charge is 0.305 e. The van der Waals surface area contributed by atoms with E-state index in [9.17, 15) is 10.1 Å². The minimum atomic E-state index is -0.385. The van der Waals surface area contributed by atoms with Crippen LogP contribution in [0.3, 0.4) is 0 Å². The Hall–Kier alpha value is -3.25. The minimum absolute atomic E-state index is 0.0352. The summed E-state index contributed by atoms with van der Waals surface area (Å²) in [7, 11) is 0. The van der Waals surface area contributed by atoms with Gasteiger partial charge in [-0.2, -0.15) is 4.48 Å². The van der Waals surface area contributed by atoms with Crippen molar-refractivity contribution in [3.63, 3.8) is 0 Å². The average Bonchev–Trinajstić information content (AvgIpc) is 2.69. The van der Waals surface area contributed by atoms with E-state index in [1.54, 1.807) is 12.1 Å². The molecule has 2 N–H and O–H groups in total. The molecule has 6 nitrogen and oxygen atoms in total. The normalized spacial score (nSPS) is 14.1. The Morgan fingerprint density at radius 2 is 1.78 bits per heavy atom. The van der Waals surface area contributed by atoms with Crippen LogP contribution in [0.5, 0.6) is 0 Å². The summed E-state index contributed by atoms with van der Waals surface area (Å²) in [5.41, 5.74) is 8.21. The molecule has 0 spiro atoms. The number of nitro benzene ring substituents is 1. The van der Waals surface area contributed by atoms with E-state index in [1.807, 2.05) is 62.4 Å². The summed E-state index contributed by atoms with van der Waals surface area (Å²) in [6, 6.07) is 20.8. The number of nitro groups is 1. The number of guanidine groups is 1. The number of aliphatic imine (C=N–C) groups is 1. The van der Waals surface area contributed by atoms with Gasteiger partial charge in [0.1, 0.15) is 0 Å². The van der Waals surface area contributed by atoms with E-state index in [0.717, 1.165) is 22.1 Å². The fourth-order valence-electron chi connectivity index (χ4n) is 3.58. The number of rotatable bonds is 5. The van der Waals surface area contributed by atoms with Gasteiger partial charge in [-0.1, -0.05) is 30.3 Å².